The highest BCUT2D eigenvalue weighted by molar-refractivity contribution is 5.98. The summed E-state index contributed by atoms with van der Waals surface area (Å²) in [7, 11) is 1.56. The van der Waals surface area contributed by atoms with Gasteiger partial charge in [-0.3, -0.25) is 9.59 Å². The van der Waals surface area contributed by atoms with E-state index in [4.69, 9.17) is 9.47 Å². The highest BCUT2D eigenvalue weighted by Gasteiger charge is 2.09. The lowest BCUT2D eigenvalue weighted by Crippen LogP contribution is -2.32. The molecule has 2 amide bonds. The quantitative estimate of drug-likeness (QED) is 0.666. The molecule has 6 nitrogen and oxygen atoms in total. The Morgan fingerprint density at radius 1 is 1.03 bits per heavy atom. The second-order valence-corrected chi connectivity index (χ2v) is 6.72. The van der Waals surface area contributed by atoms with Crippen molar-refractivity contribution in [1.82, 2.24) is 5.32 Å². The van der Waals surface area contributed by atoms with Gasteiger partial charge in [0.1, 0.15) is 0 Å². The van der Waals surface area contributed by atoms with Gasteiger partial charge in [0, 0.05) is 11.8 Å². The van der Waals surface area contributed by atoms with Crippen molar-refractivity contribution < 1.29 is 19.1 Å². The lowest BCUT2D eigenvalue weighted by molar-refractivity contribution is -0.121. The summed E-state index contributed by atoms with van der Waals surface area (Å²) in [5, 5.41) is 5.45. The Bertz CT molecular complexity index is 896. The van der Waals surface area contributed by atoms with E-state index in [9.17, 15) is 9.59 Å². The molecule has 0 saturated carbocycles. The number of amides is 2. The SMILES string of the molecule is CCOc1ccc(/C=C/C(=O)NCC(=O)Nc2c(C)cc(C)cc2C)cc1OC. The molecule has 0 fully saturated rings. The predicted octanol–water partition coefficient (Wildman–Crippen LogP) is 3.79. The van der Waals surface area contributed by atoms with E-state index in [0.29, 0.717) is 18.1 Å². The summed E-state index contributed by atoms with van der Waals surface area (Å²) >= 11 is 0. The zero-order chi connectivity index (χ0) is 21.4. The Morgan fingerprint density at radius 2 is 1.72 bits per heavy atom. The Balaban J connectivity index is 1.92. The number of aryl methyl sites for hydroxylation is 3. The maximum absolute atomic E-state index is 12.2. The molecule has 0 aromatic heterocycles. The number of benzene rings is 2. The van der Waals surface area contributed by atoms with Crippen LogP contribution in [0.3, 0.4) is 0 Å². The largest absolute Gasteiger partial charge is 0.493 e. The van der Waals surface area contributed by atoms with Crippen LogP contribution in [-0.4, -0.2) is 32.1 Å². The molecule has 0 aliphatic carbocycles. The minimum Gasteiger partial charge on any atom is -0.493 e. The van der Waals surface area contributed by atoms with Crippen LogP contribution in [0.1, 0.15) is 29.2 Å². The Hall–Kier alpha value is -3.28. The minimum atomic E-state index is -0.356. The summed E-state index contributed by atoms with van der Waals surface area (Å²) in [6, 6.07) is 9.42. The van der Waals surface area contributed by atoms with Crippen molar-refractivity contribution in [2.24, 2.45) is 0 Å². The van der Waals surface area contributed by atoms with Gasteiger partial charge in [-0.25, -0.2) is 0 Å². The summed E-state index contributed by atoms with van der Waals surface area (Å²) in [4.78, 5) is 24.2. The Kier molecular flexibility index (Phi) is 7.83. The lowest BCUT2D eigenvalue weighted by atomic mass is 10.1. The van der Waals surface area contributed by atoms with Gasteiger partial charge < -0.3 is 20.1 Å². The Labute approximate surface area is 171 Å². The van der Waals surface area contributed by atoms with Gasteiger partial charge in [-0.15, -0.1) is 0 Å². The number of ether oxygens (including phenoxy) is 2. The molecular formula is C23H28N2O4. The number of anilines is 1. The average molecular weight is 396 g/mol. The van der Waals surface area contributed by atoms with Crippen molar-refractivity contribution in [3.8, 4) is 11.5 Å². The molecule has 0 saturated heterocycles. The fourth-order valence-corrected chi connectivity index (χ4v) is 3.02. The zero-order valence-electron chi connectivity index (χ0n) is 17.6. The Morgan fingerprint density at radius 3 is 2.34 bits per heavy atom. The van der Waals surface area contributed by atoms with Crippen molar-refractivity contribution in [2.75, 3.05) is 25.6 Å². The highest BCUT2D eigenvalue weighted by Crippen LogP contribution is 2.28. The molecule has 29 heavy (non-hydrogen) atoms. The molecule has 0 radical (unpaired) electrons. The molecule has 2 rings (SSSR count). The number of carbonyl (C=O) groups is 2. The van der Waals surface area contributed by atoms with Gasteiger partial charge in [-0.05, 0) is 62.6 Å². The van der Waals surface area contributed by atoms with E-state index in [1.165, 1.54) is 6.08 Å². The number of methoxy groups -OCH3 is 1. The van der Waals surface area contributed by atoms with Gasteiger partial charge in [0.15, 0.2) is 11.5 Å². The molecule has 2 N–H and O–H groups in total. The van der Waals surface area contributed by atoms with Crippen LogP contribution in [0, 0.1) is 20.8 Å². The summed E-state index contributed by atoms with van der Waals surface area (Å²) in [6.07, 6.45) is 3.03. The van der Waals surface area contributed by atoms with Crippen molar-refractivity contribution in [2.45, 2.75) is 27.7 Å². The first-order chi connectivity index (χ1) is 13.8. The minimum absolute atomic E-state index is 0.109. The topological polar surface area (TPSA) is 76.7 Å². The molecule has 2 aromatic carbocycles. The van der Waals surface area contributed by atoms with Crippen molar-refractivity contribution in [1.29, 1.82) is 0 Å². The van der Waals surface area contributed by atoms with Crippen LogP contribution in [0.5, 0.6) is 11.5 Å². The molecule has 0 atom stereocenters. The molecule has 0 aliphatic heterocycles. The van der Waals surface area contributed by atoms with Crippen LogP contribution < -0.4 is 20.1 Å². The van der Waals surface area contributed by atoms with E-state index in [0.717, 1.165) is 27.9 Å². The number of carbonyl (C=O) groups excluding carboxylic acids is 2. The van der Waals surface area contributed by atoms with Gasteiger partial charge in [0.05, 0.1) is 20.3 Å². The first kappa shape index (κ1) is 22.0. The molecule has 154 valence electrons. The van der Waals surface area contributed by atoms with Crippen molar-refractivity contribution in [3.63, 3.8) is 0 Å². The number of nitrogens with one attached hydrogen (secondary N) is 2. The van der Waals surface area contributed by atoms with Gasteiger partial charge in [-0.2, -0.15) is 0 Å². The van der Waals surface area contributed by atoms with E-state index in [-0.39, 0.29) is 18.4 Å². The van der Waals surface area contributed by atoms with Gasteiger partial charge in [0.25, 0.3) is 0 Å². The molecule has 2 aromatic rings. The number of rotatable bonds is 8. The zero-order valence-corrected chi connectivity index (χ0v) is 17.6. The average Bonchev–Trinajstić information content (AvgIpc) is 2.68. The van der Waals surface area contributed by atoms with Crippen molar-refractivity contribution >= 4 is 23.6 Å². The lowest BCUT2D eigenvalue weighted by Gasteiger charge is -2.13. The van der Waals surface area contributed by atoms with Gasteiger partial charge >= 0.3 is 0 Å². The van der Waals surface area contributed by atoms with E-state index in [1.54, 1.807) is 25.3 Å². The van der Waals surface area contributed by atoms with E-state index in [1.807, 2.05) is 45.9 Å². The first-order valence-electron chi connectivity index (χ1n) is 9.48. The molecule has 0 spiro atoms. The van der Waals surface area contributed by atoms with Crippen LogP contribution in [0.2, 0.25) is 0 Å². The molecular weight excluding hydrogens is 368 g/mol. The highest BCUT2D eigenvalue weighted by atomic mass is 16.5. The molecule has 0 bridgehead atoms. The third-order valence-corrected chi connectivity index (χ3v) is 4.28. The van der Waals surface area contributed by atoms with Crippen molar-refractivity contribution in [3.05, 3.63) is 58.7 Å². The summed E-state index contributed by atoms with van der Waals surface area (Å²) in [5.74, 6) is 0.613. The van der Waals surface area contributed by atoms with E-state index >= 15 is 0 Å². The van der Waals surface area contributed by atoms with Crippen LogP contribution in [0.4, 0.5) is 5.69 Å². The fourth-order valence-electron chi connectivity index (χ4n) is 3.02. The maximum Gasteiger partial charge on any atom is 0.244 e. The van der Waals surface area contributed by atoms with E-state index < -0.39 is 0 Å². The maximum atomic E-state index is 12.2. The standard InChI is InChI=1S/C23H28N2O4/c1-6-29-19-9-7-18(13-20(19)28-5)8-10-21(26)24-14-22(27)25-23-16(3)11-15(2)12-17(23)4/h7-13H,6,14H2,1-5H3,(H,24,26)(H,25,27)/b10-8+. The smallest absolute Gasteiger partial charge is 0.244 e. The van der Waals surface area contributed by atoms with Crippen LogP contribution in [-0.2, 0) is 9.59 Å². The van der Waals surface area contributed by atoms with E-state index in [2.05, 4.69) is 10.6 Å². The fraction of sp³-hybridized carbons (Fsp3) is 0.304. The number of hydrogen-bond acceptors (Lipinski definition) is 4. The second kappa shape index (κ2) is 10.3. The molecule has 6 heteroatoms. The normalized spacial score (nSPS) is 10.7. The third-order valence-electron chi connectivity index (χ3n) is 4.28. The van der Waals surface area contributed by atoms with Crippen LogP contribution in [0.15, 0.2) is 36.4 Å². The summed E-state index contributed by atoms with van der Waals surface area (Å²) < 4.78 is 10.8. The number of hydrogen-bond donors (Lipinski definition) is 2. The summed E-state index contributed by atoms with van der Waals surface area (Å²) in [5.41, 5.74) is 4.70. The van der Waals surface area contributed by atoms with Gasteiger partial charge in [-0.1, -0.05) is 23.8 Å². The van der Waals surface area contributed by atoms with Gasteiger partial charge in [0.2, 0.25) is 11.8 Å². The predicted molar refractivity (Wildman–Crippen MR) is 115 cm³/mol. The third kappa shape index (κ3) is 6.38. The first-order valence-corrected chi connectivity index (χ1v) is 9.48. The molecule has 0 heterocycles. The second-order valence-electron chi connectivity index (χ2n) is 6.72. The molecule has 0 aliphatic rings. The molecule has 0 unspecified atom stereocenters. The van der Waals surface area contributed by atoms with Crippen LogP contribution in [0.25, 0.3) is 6.08 Å². The summed E-state index contributed by atoms with van der Waals surface area (Å²) in [6.45, 7) is 8.23. The van der Waals surface area contributed by atoms with Crippen LogP contribution >= 0.6 is 0 Å². The monoisotopic (exact) mass is 396 g/mol.